The molecule has 0 saturated carbocycles. The van der Waals surface area contributed by atoms with E-state index in [1.54, 1.807) is 9.47 Å². The SMILES string of the molecule is CCn1c(=O)c(N2CCN(C(=O)COc3ccccc3)CC2)nc2ccccc21. The van der Waals surface area contributed by atoms with Crippen LogP contribution < -0.4 is 15.2 Å². The Balaban J connectivity index is 1.44. The lowest BCUT2D eigenvalue weighted by molar-refractivity contribution is -0.133. The van der Waals surface area contributed by atoms with Crippen LogP contribution in [0.4, 0.5) is 5.82 Å². The lowest BCUT2D eigenvalue weighted by Gasteiger charge is -2.35. The number of aryl methyl sites for hydroxylation is 1. The van der Waals surface area contributed by atoms with Gasteiger partial charge < -0.3 is 19.1 Å². The Hall–Kier alpha value is -3.35. The topological polar surface area (TPSA) is 67.7 Å². The Morgan fingerprint density at radius 3 is 2.41 bits per heavy atom. The molecule has 0 atom stereocenters. The van der Waals surface area contributed by atoms with Gasteiger partial charge in [-0.25, -0.2) is 4.98 Å². The van der Waals surface area contributed by atoms with E-state index in [1.165, 1.54) is 0 Å². The van der Waals surface area contributed by atoms with Crippen molar-refractivity contribution in [2.45, 2.75) is 13.5 Å². The molecule has 0 bridgehead atoms. The highest BCUT2D eigenvalue weighted by molar-refractivity contribution is 5.78. The predicted octanol–water partition coefficient (Wildman–Crippen LogP) is 2.14. The summed E-state index contributed by atoms with van der Waals surface area (Å²) in [5, 5.41) is 0. The van der Waals surface area contributed by atoms with Gasteiger partial charge >= 0.3 is 0 Å². The summed E-state index contributed by atoms with van der Waals surface area (Å²) < 4.78 is 7.31. The van der Waals surface area contributed by atoms with E-state index in [-0.39, 0.29) is 18.1 Å². The molecule has 0 aliphatic carbocycles. The fraction of sp³-hybridized carbons (Fsp3) is 0.318. The summed E-state index contributed by atoms with van der Waals surface area (Å²) in [5.41, 5.74) is 1.56. The van der Waals surface area contributed by atoms with Gasteiger partial charge in [0.2, 0.25) is 0 Å². The molecule has 1 saturated heterocycles. The van der Waals surface area contributed by atoms with Gasteiger partial charge in [0.05, 0.1) is 11.0 Å². The number of carbonyl (C=O) groups is 1. The quantitative estimate of drug-likeness (QED) is 0.666. The molecule has 0 N–H and O–H groups in total. The molecule has 0 unspecified atom stereocenters. The van der Waals surface area contributed by atoms with Crippen LogP contribution in [-0.4, -0.2) is 53.1 Å². The monoisotopic (exact) mass is 392 g/mol. The molecular formula is C22H24N4O3. The Labute approximate surface area is 169 Å². The zero-order valence-electron chi connectivity index (χ0n) is 16.5. The van der Waals surface area contributed by atoms with Gasteiger partial charge in [0, 0.05) is 32.7 Å². The number of hydrogen-bond donors (Lipinski definition) is 0. The molecule has 0 spiro atoms. The molecule has 1 fully saturated rings. The Morgan fingerprint density at radius 2 is 1.69 bits per heavy atom. The number of fused-ring (bicyclic) bond motifs is 1. The van der Waals surface area contributed by atoms with E-state index in [0.29, 0.717) is 44.3 Å². The minimum absolute atomic E-state index is 0.0148. The molecule has 1 aromatic heterocycles. The molecule has 7 nitrogen and oxygen atoms in total. The van der Waals surface area contributed by atoms with Crippen LogP contribution in [0.2, 0.25) is 0 Å². The standard InChI is InChI=1S/C22H24N4O3/c1-2-26-19-11-7-6-10-18(19)23-21(22(26)28)25-14-12-24(13-15-25)20(27)16-29-17-8-4-3-5-9-17/h3-11H,2,12-16H2,1H3. The molecular weight excluding hydrogens is 368 g/mol. The fourth-order valence-corrected chi connectivity index (χ4v) is 3.62. The highest BCUT2D eigenvalue weighted by atomic mass is 16.5. The Kier molecular flexibility index (Phi) is 5.46. The van der Waals surface area contributed by atoms with Gasteiger partial charge in [0.1, 0.15) is 5.75 Å². The van der Waals surface area contributed by atoms with Gasteiger partial charge in [0.25, 0.3) is 11.5 Å². The van der Waals surface area contributed by atoms with Crippen LogP contribution in [0.25, 0.3) is 11.0 Å². The fourth-order valence-electron chi connectivity index (χ4n) is 3.62. The number of para-hydroxylation sites is 3. The van der Waals surface area contributed by atoms with Crippen LogP contribution in [0.1, 0.15) is 6.92 Å². The second-order valence-corrected chi connectivity index (χ2v) is 6.94. The van der Waals surface area contributed by atoms with Crippen molar-refractivity contribution < 1.29 is 9.53 Å². The van der Waals surface area contributed by atoms with Gasteiger partial charge in [-0.05, 0) is 31.2 Å². The summed E-state index contributed by atoms with van der Waals surface area (Å²) in [4.78, 5) is 33.8. The first-order chi connectivity index (χ1) is 14.2. The number of ether oxygens (including phenoxy) is 1. The van der Waals surface area contributed by atoms with Crippen LogP contribution >= 0.6 is 0 Å². The van der Waals surface area contributed by atoms with Crippen molar-refractivity contribution in [1.82, 2.24) is 14.5 Å². The second-order valence-electron chi connectivity index (χ2n) is 6.94. The number of carbonyl (C=O) groups excluding carboxylic acids is 1. The minimum atomic E-state index is -0.0848. The van der Waals surface area contributed by atoms with E-state index in [9.17, 15) is 9.59 Å². The van der Waals surface area contributed by atoms with E-state index in [2.05, 4.69) is 4.98 Å². The number of piperazine rings is 1. The van der Waals surface area contributed by atoms with E-state index in [4.69, 9.17) is 4.74 Å². The maximum absolute atomic E-state index is 12.9. The summed E-state index contributed by atoms with van der Waals surface area (Å²) >= 11 is 0. The molecule has 29 heavy (non-hydrogen) atoms. The summed E-state index contributed by atoms with van der Waals surface area (Å²) in [7, 11) is 0. The first kappa shape index (κ1) is 19.0. The molecule has 150 valence electrons. The normalized spacial score (nSPS) is 14.2. The molecule has 2 aromatic carbocycles. The number of benzene rings is 2. The highest BCUT2D eigenvalue weighted by Crippen LogP contribution is 2.16. The number of amides is 1. The number of anilines is 1. The lowest BCUT2D eigenvalue weighted by atomic mass is 10.2. The van der Waals surface area contributed by atoms with Crippen molar-refractivity contribution in [1.29, 1.82) is 0 Å². The molecule has 2 heterocycles. The second kappa shape index (κ2) is 8.34. The molecule has 4 rings (SSSR count). The number of aromatic nitrogens is 2. The van der Waals surface area contributed by atoms with Crippen molar-refractivity contribution in [2.24, 2.45) is 0 Å². The average molecular weight is 392 g/mol. The van der Waals surface area contributed by atoms with E-state index >= 15 is 0 Å². The van der Waals surface area contributed by atoms with Crippen LogP contribution in [-0.2, 0) is 11.3 Å². The summed E-state index contributed by atoms with van der Waals surface area (Å²) in [6.45, 7) is 4.78. The first-order valence-electron chi connectivity index (χ1n) is 9.87. The van der Waals surface area contributed by atoms with Crippen molar-refractivity contribution in [2.75, 3.05) is 37.7 Å². The van der Waals surface area contributed by atoms with Gasteiger partial charge in [0.15, 0.2) is 12.4 Å². The third-order valence-electron chi connectivity index (χ3n) is 5.19. The van der Waals surface area contributed by atoms with Crippen LogP contribution in [0.15, 0.2) is 59.4 Å². The summed E-state index contributed by atoms with van der Waals surface area (Å²) in [6.07, 6.45) is 0. The molecule has 0 radical (unpaired) electrons. The van der Waals surface area contributed by atoms with Gasteiger partial charge in [-0.2, -0.15) is 0 Å². The molecule has 7 heteroatoms. The zero-order chi connectivity index (χ0) is 20.2. The average Bonchev–Trinajstić information content (AvgIpc) is 2.78. The van der Waals surface area contributed by atoms with Crippen LogP contribution in [0.5, 0.6) is 5.75 Å². The predicted molar refractivity (Wildman–Crippen MR) is 112 cm³/mol. The van der Waals surface area contributed by atoms with Crippen LogP contribution in [0, 0.1) is 0 Å². The van der Waals surface area contributed by atoms with E-state index < -0.39 is 0 Å². The number of hydrogen-bond acceptors (Lipinski definition) is 5. The summed E-state index contributed by atoms with van der Waals surface area (Å²) in [5.74, 6) is 1.09. The first-order valence-corrected chi connectivity index (χ1v) is 9.87. The molecule has 1 amide bonds. The maximum Gasteiger partial charge on any atom is 0.293 e. The van der Waals surface area contributed by atoms with Gasteiger partial charge in [-0.3, -0.25) is 9.59 Å². The van der Waals surface area contributed by atoms with Gasteiger partial charge in [-0.1, -0.05) is 30.3 Å². The molecule has 1 aliphatic rings. The van der Waals surface area contributed by atoms with Crippen molar-refractivity contribution in [3.8, 4) is 5.75 Å². The largest absolute Gasteiger partial charge is 0.484 e. The van der Waals surface area contributed by atoms with E-state index in [1.807, 2.05) is 66.4 Å². The summed E-state index contributed by atoms with van der Waals surface area (Å²) in [6, 6.07) is 17.0. The van der Waals surface area contributed by atoms with Crippen molar-refractivity contribution >= 4 is 22.8 Å². The third kappa shape index (κ3) is 3.94. The molecule has 1 aliphatic heterocycles. The number of nitrogens with zero attached hydrogens (tertiary/aromatic N) is 4. The van der Waals surface area contributed by atoms with Crippen molar-refractivity contribution in [3.05, 3.63) is 65.0 Å². The van der Waals surface area contributed by atoms with Crippen molar-refractivity contribution in [3.63, 3.8) is 0 Å². The van der Waals surface area contributed by atoms with E-state index in [0.717, 1.165) is 11.0 Å². The Bertz CT molecular complexity index is 1060. The lowest BCUT2D eigenvalue weighted by Crippen LogP contribution is -2.51. The zero-order valence-corrected chi connectivity index (χ0v) is 16.5. The van der Waals surface area contributed by atoms with Gasteiger partial charge in [-0.15, -0.1) is 0 Å². The Morgan fingerprint density at radius 1 is 1.00 bits per heavy atom. The molecule has 3 aromatic rings. The number of rotatable bonds is 5. The van der Waals surface area contributed by atoms with Crippen LogP contribution in [0.3, 0.4) is 0 Å². The third-order valence-corrected chi connectivity index (χ3v) is 5.19. The smallest absolute Gasteiger partial charge is 0.293 e. The highest BCUT2D eigenvalue weighted by Gasteiger charge is 2.24. The minimum Gasteiger partial charge on any atom is -0.484 e. The maximum atomic E-state index is 12.9.